The first-order chi connectivity index (χ1) is 12.8. The number of carboxylic acids is 1. The number of carbonyl (C=O) groups is 2. The lowest BCUT2D eigenvalue weighted by Crippen LogP contribution is -2.34. The molecule has 27 heavy (non-hydrogen) atoms. The van der Waals surface area contributed by atoms with Crippen LogP contribution in [0.4, 0.5) is 5.69 Å². The molecule has 2 rings (SSSR count). The maximum atomic E-state index is 12.3. The Bertz CT molecular complexity index is 853. The minimum atomic E-state index is -1.08. The Kier molecular flexibility index (Phi) is 7.55. The molecular formula is C19H19IN2O4S. The molecule has 142 valence electrons. The Hall–Kier alpha value is -2.20. The van der Waals surface area contributed by atoms with Crippen LogP contribution < -0.4 is 15.4 Å². The predicted octanol–water partition coefficient (Wildman–Crippen LogP) is 4.15. The number of benzene rings is 2. The molecule has 0 bridgehead atoms. The molecule has 0 aromatic heterocycles. The maximum Gasteiger partial charge on any atom is 0.337 e. The largest absolute Gasteiger partial charge is 0.493 e. The van der Waals surface area contributed by atoms with Gasteiger partial charge < -0.3 is 15.2 Å². The Labute approximate surface area is 176 Å². The van der Waals surface area contributed by atoms with E-state index in [1.54, 1.807) is 36.4 Å². The molecule has 1 amide bonds. The van der Waals surface area contributed by atoms with E-state index >= 15 is 0 Å². The number of amides is 1. The highest BCUT2D eigenvalue weighted by atomic mass is 127. The van der Waals surface area contributed by atoms with Crippen LogP contribution in [0.25, 0.3) is 0 Å². The topological polar surface area (TPSA) is 87.7 Å². The van der Waals surface area contributed by atoms with Crippen molar-refractivity contribution in [3.05, 3.63) is 57.2 Å². The molecular weight excluding hydrogens is 479 g/mol. The number of halogens is 1. The first-order valence-corrected chi connectivity index (χ1v) is 9.63. The summed E-state index contributed by atoms with van der Waals surface area (Å²) in [4.78, 5) is 23.6. The van der Waals surface area contributed by atoms with Crippen molar-refractivity contribution < 1.29 is 19.4 Å². The number of nitrogens with one attached hydrogen (secondary N) is 2. The molecule has 0 radical (unpaired) electrons. The number of anilines is 1. The van der Waals surface area contributed by atoms with E-state index in [4.69, 9.17) is 17.0 Å². The maximum absolute atomic E-state index is 12.3. The number of carbonyl (C=O) groups excluding carboxylic acids is 1. The minimum absolute atomic E-state index is 0.0174. The molecule has 0 fully saturated rings. The summed E-state index contributed by atoms with van der Waals surface area (Å²) >= 11 is 7.15. The van der Waals surface area contributed by atoms with Gasteiger partial charge in [-0.15, -0.1) is 0 Å². The average molecular weight is 498 g/mol. The molecule has 0 aliphatic rings. The highest BCUT2D eigenvalue weighted by Gasteiger charge is 2.13. The minimum Gasteiger partial charge on any atom is -0.493 e. The molecule has 0 heterocycles. The Morgan fingerprint density at radius 3 is 2.44 bits per heavy atom. The number of aromatic carboxylic acids is 1. The lowest BCUT2D eigenvalue weighted by atomic mass is 10.2. The van der Waals surface area contributed by atoms with Gasteiger partial charge in [-0.1, -0.05) is 13.8 Å². The van der Waals surface area contributed by atoms with Gasteiger partial charge in [0, 0.05) is 9.13 Å². The van der Waals surface area contributed by atoms with Crippen LogP contribution in [-0.2, 0) is 0 Å². The molecule has 0 saturated heterocycles. The van der Waals surface area contributed by atoms with Crippen LogP contribution in [0.1, 0.15) is 34.6 Å². The van der Waals surface area contributed by atoms with Gasteiger partial charge in [-0.3, -0.25) is 10.1 Å². The van der Waals surface area contributed by atoms with Crippen LogP contribution in [0.15, 0.2) is 42.5 Å². The van der Waals surface area contributed by atoms with E-state index in [-0.39, 0.29) is 10.7 Å². The summed E-state index contributed by atoms with van der Waals surface area (Å²) in [6.07, 6.45) is 0. The molecule has 0 unspecified atom stereocenters. The van der Waals surface area contributed by atoms with Gasteiger partial charge >= 0.3 is 5.97 Å². The van der Waals surface area contributed by atoms with Crippen molar-refractivity contribution in [1.29, 1.82) is 0 Å². The summed E-state index contributed by atoms with van der Waals surface area (Å²) in [5, 5.41) is 14.6. The summed E-state index contributed by atoms with van der Waals surface area (Å²) in [6, 6.07) is 11.6. The van der Waals surface area contributed by atoms with Gasteiger partial charge in [0.25, 0.3) is 5.91 Å². The van der Waals surface area contributed by atoms with Crippen molar-refractivity contribution in [2.45, 2.75) is 13.8 Å². The van der Waals surface area contributed by atoms with Crippen molar-refractivity contribution in [1.82, 2.24) is 5.32 Å². The number of carboxylic acid groups (broad SMARTS) is 1. The third-order valence-corrected chi connectivity index (χ3v) is 4.26. The second kappa shape index (κ2) is 9.65. The normalized spacial score (nSPS) is 10.4. The van der Waals surface area contributed by atoms with Crippen LogP contribution in [0.2, 0.25) is 0 Å². The third kappa shape index (κ3) is 6.47. The Morgan fingerprint density at radius 2 is 1.85 bits per heavy atom. The fourth-order valence-corrected chi connectivity index (χ4v) is 2.79. The van der Waals surface area contributed by atoms with Crippen LogP contribution in [0.3, 0.4) is 0 Å². The van der Waals surface area contributed by atoms with Crippen LogP contribution in [0.5, 0.6) is 5.75 Å². The van der Waals surface area contributed by atoms with Crippen molar-refractivity contribution >= 4 is 57.5 Å². The summed E-state index contributed by atoms with van der Waals surface area (Å²) in [6.45, 7) is 4.71. The quantitative estimate of drug-likeness (QED) is 0.410. The summed E-state index contributed by atoms with van der Waals surface area (Å²) in [5.41, 5.74) is 0.799. The summed E-state index contributed by atoms with van der Waals surface area (Å²) < 4.78 is 6.36. The molecule has 8 heteroatoms. The van der Waals surface area contributed by atoms with E-state index in [1.165, 1.54) is 6.07 Å². The molecule has 0 aliphatic carbocycles. The van der Waals surface area contributed by atoms with Crippen molar-refractivity contribution in [3.63, 3.8) is 0 Å². The molecule has 0 saturated carbocycles. The smallest absolute Gasteiger partial charge is 0.337 e. The molecule has 2 aromatic carbocycles. The monoisotopic (exact) mass is 498 g/mol. The van der Waals surface area contributed by atoms with Gasteiger partial charge in [0.15, 0.2) is 5.11 Å². The molecule has 0 spiro atoms. The molecule has 6 nitrogen and oxygen atoms in total. The Balaban J connectivity index is 2.00. The van der Waals surface area contributed by atoms with Crippen LogP contribution in [0, 0.1) is 9.49 Å². The van der Waals surface area contributed by atoms with E-state index < -0.39 is 11.9 Å². The van der Waals surface area contributed by atoms with E-state index in [1.807, 2.05) is 22.6 Å². The zero-order valence-electron chi connectivity index (χ0n) is 14.8. The second-order valence-corrected chi connectivity index (χ2v) is 7.79. The number of rotatable bonds is 6. The zero-order valence-corrected chi connectivity index (χ0v) is 17.8. The second-order valence-electron chi connectivity index (χ2n) is 6.13. The average Bonchev–Trinajstić information content (AvgIpc) is 2.61. The van der Waals surface area contributed by atoms with Gasteiger partial charge in [0.05, 0.1) is 17.9 Å². The lowest BCUT2D eigenvalue weighted by Gasteiger charge is -2.12. The van der Waals surface area contributed by atoms with Gasteiger partial charge in [0.1, 0.15) is 5.75 Å². The van der Waals surface area contributed by atoms with Crippen LogP contribution >= 0.6 is 34.8 Å². The number of thiocarbonyl (C=S) groups is 1. The highest BCUT2D eigenvalue weighted by Crippen LogP contribution is 2.19. The number of ether oxygens (including phenoxy) is 1. The van der Waals surface area contributed by atoms with Crippen molar-refractivity contribution in [2.75, 3.05) is 11.9 Å². The van der Waals surface area contributed by atoms with Gasteiger partial charge in [-0.25, -0.2) is 4.79 Å². The number of hydrogen-bond donors (Lipinski definition) is 3. The summed E-state index contributed by atoms with van der Waals surface area (Å²) in [7, 11) is 0. The fourth-order valence-electron chi connectivity index (χ4n) is 2.10. The van der Waals surface area contributed by atoms with Gasteiger partial charge in [0.2, 0.25) is 0 Å². The highest BCUT2D eigenvalue weighted by molar-refractivity contribution is 14.1. The third-order valence-electron chi connectivity index (χ3n) is 3.39. The standard InChI is InChI=1S/C19H19IN2O4S/c1-11(2)10-26-14-6-3-12(4-7-14)17(23)22-19(27)21-16-8-5-13(20)9-15(16)18(24)25/h3-9,11H,10H2,1-2H3,(H,24,25)(H2,21,22,23,27). The van der Waals surface area contributed by atoms with E-state index in [2.05, 4.69) is 24.5 Å². The van der Waals surface area contributed by atoms with E-state index in [9.17, 15) is 14.7 Å². The number of hydrogen-bond acceptors (Lipinski definition) is 4. The first kappa shape index (κ1) is 21.1. The van der Waals surface area contributed by atoms with Crippen molar-refractivity contribution in [3.8, 4) is 5.75 Å². The molecule has 2 aromatic rings. The first-order valence-electron chi connectivity index (χ1n) is 8.14. The zero-order chi connectivity index (χ0) is 20.0. The van der Waals surface area contributed by atoms with E-state index in [0.717, 1.165) is 3.57 Å². The molecule has 0 aliphatic heterocycles. The van der Waals surface area contributed by atoms with E-state index in [0.29, 0.717) is 29.5 Å². The Morgan fingerprint density at radius 1 is 1.19 bits per heavy atom. The van der Waals surface area contributed by atoms with Crippen molar-refractivity contribution in [2.24, 2.45) is 5.92 Å². The fraction of sp³-hybridized carbons (Fsp3) is 0.211. The lowest BCUT2D eigenvalue weighted by molar-refractivity contribution is 0.0697. The molecule has 0 atom stereocenters. The molecule has 3 N–H and O–H groups in total. The van der Waals surface area contributed by atoms with Gasteiger partial charge in [-0.05, 0) is 83.2 Å². The van der Waals surface area contributed by atoms with Gasteiger partial charge in [-0.2, -0.15) is 0 Å². The summed E-state index contributed by atoms with van der Waals surface area (Å²) in [5.74, 6) is -0.383. The van der Waals surface area contributed by atoms with Crippen LogP contribution in [-0.4, -0.2) is 28.7 Å². The predicted molar refractivity (Wildman–Crippen MR) is 117 cm³/mol. The SMILES string of the molecule is CC(C)COc1ccc(C(=O)NC(=S)Nc2ccc(I)cc2C(=O)O)cc1.